The van der Waals surface area contributed by atoms with E-state index in [1.165, 1.54) is 4.90 Å². The molecule has 0 aromatic heterocycles. The molecule has 1 saturated heterocycles. The minimum absolute atomic E-state index is 0.211. The van der Waals surface area contributed by atoms with Crippen LogP contribution in [0.15, 0.2) is 109 Å². The van der Waals surface area contributed by atoms with Crippen LogP contribution in [0.4, 0.5) is 0 Å². The molecule has 1 fully saturated rings. The highest BCUT2D eigenvalue weighted by molar-refractivity contribution is 6.10. The predicted octanol–water partition coefficient (Wildman–Crippen LogP) is 6.16. The fourth-order valence-corrected chi connectivity index (χ4v) is 4.78. The van der Waals surface area contributed by atoms with E-state index >= 15 is 0 Å². The van der Waals surface area contributed by atoms with Crippen LogP contribution in [-0.4, -0.2) is 29.9 Å². The highest BCUT2D eigenvalue weighted by Gasteiger charge is 2.49. The number of imide groups is 1. The van der Waals surface area contributed by atoms with E-state index in [0.717, 1.165) is 28.0 Å². The Balaban J connectivity index is 1.40. The lowest BCUT2D eigenvalue weighted by Crippen LogP contribution is -2.62. The Morgan fingerprint density at radius 3 is 2.42 bits per heavy atom. The van der Waals surface area contributed by atoms with Crippen LogP contribution in [0.25, 0.3) is 17.2 Å². The van der Waals surface area contributed by atoms with Crippen molar-refractivity contribution in [3.63, 3.8) is 0 Å². The molecule has 4 aromatic rings. The summed E-state index contributed by atoms with van der Waals surface area (Å²) < 4.78 is 5.32. The summed E-state index contributed by atoms with van der Waals surface area (Å²) in [5.41, 5.74) is 4.82. The fraction of sp³-hybridized carbons (Fsp3) is 0.121. The average molecular weight is 499 g/mol. The van der Waals surface area contributed by atoms with Crippen LogP contribution in [0.2, 0.25) is 0 Å². The third-order valence-electron chi connectivity index (χ3n) is 6.82. The highest BCUT2D eigenvalue weighted by atomic mass is 16.5. The molecule has 0 bridgehead atoms. The molecule has 1 aliphatic heterocycles. The van der Waals surface area contributed by atoms with Crippen molar-refractivity contribution in [3.05, 3.63) is 131 Å². The summed E-state index contributed by atoms with van der Waals surface area (Å²) >= 11 is 0. The molecule has 5 heteroatoms. The van der Waals surface area contributed by atoms with E-state index in [-0.39, 0.29) is 23.8 Å². The van der Waals surface area contributed by atoms with Crippen molar-refractivity contribution in [1.29, 1.82) is 5.26 Å². The van der Waals surface area contributed by atoms with E-state index in [9.17, 15) is 14.9 Å². The lowest BCUT2D eigenvalue weighted by atomic mass is 9.81. The standard InChI is InChI=1S/C33H26N2O3/c1-38-29-12-6-11-28(21-29)26-14-16-27(17-15-26)32(36)35-31(18-13-23-7-3-2-4-8-23)30(33(35)37)20-24-9-5-10-25(19-24)22-34/h2-19,21,30-31H,20H2,1H3/b18-13+/t30-,31-/m1/s1. The molecule has 0 saturated carbocycles. The van der Waals surface area contributed by atoms with Gasteiger partial charge in [-0.1, -0.05) is 78.9 Å². The lowest BCUT2D eigenvalue weighted by Gasteiger charge is -2.44. The first-order chi connectivity index (χ1) is 18.6. The minimum Gasteiger partial charge on any atom is -0.497 e. The molecular formula is C33H26N2O3. The third-order valence-corrected chi connectivity index (χ3v) is 6.82. The molecule has 2 atom stereocenters. The van der Waals surface area contributed by atoms with Gasteiger partial charge in [0.05, 0.1) is 30.7 Å². The second-order valence-electron chi connectivity index (χ2n) is 9.21. The first kappa shape index (κ1) is 24.7. The maximum Gasteiger partial charge on any atom is 0.261 e. The minimum atomic E-state index is -0.390. The van der Waals surface area contributed by atoms with Gasteiger partial charge in [0, 0.05) is 5.56 Å². The molecule has 0 N–H and O–H groups in total. The van der Waals surface area contributed by atoms with Crippen LogP contribution in [0.5, 0.6) is 5.75 Å². The van der Waals surface area contributed by atoms with E-state index in [1.54, 1.807) is 31.4 Å². The first-order valence-electron chi connectivity index (χ1n) is 12.4. The number of ether oxygens (including phenoxy) is 1. The van der Waals surface area contributed by atoms with Crippen molar-refractivity contribution >= 4 is 17.9 Å². The Kier molecular flexibility index (Phi) is 7.15. The fourth-order valence-electron chi connectivity index (χ4n) is 4.78. The highest BCUT2D eigenvalue weighted by Crippen LogP contribution is 2.34. The summed E-state index contributed by atoms with van der Waals surface area (Å²) in [5.74, 6) is -0.161. The van der Waals surface area contributed by atoms with Gasteiger partial charge >= 0.3 is 0 Å². The van der Waals surface area contributed by atoms with Crippen molar-refractivity contribution in [1.82, 2.24) is 4.90 Å². The number of amides is 2. The zero-order valence-corrected chi connectivity index (χ0v) is 21.0. The molecule has 0 spiro atoms. The van der Waals surface area contributed by atoms with Gasteiger partial charge in [-0.2, -0.15) is 5.26 Å². The van der Waals surface area contributed by atoms with Crippen LogP contribution in [0.1, 0.15) is 27.0 Å². The van der Waals surface area contributed by atoms with E-state index in [0.29, 0.717) is 17.5 Å². The topological polar surface area (TPSA) is 70.4 Å². The van der Waals surface area contributed by atoms with Crippen molar-refractivity contribution in [2.45, 2.75) is 12.5 Å². The predicted molar refractivity (Wildman–Crippen MR) is 147 cm³/mol. The van der Waals surface area contributed by atoms with Crippen LogP contribution in [0.3, 0.4) is 0 Å². The normalized spacial score (nSPS) is 16.6. The maximum absolute atomic E-state index is 13.5. The Morgan fingerprint density at radius 1 is 0.921 bits per heavy atom. The number of nitrogens with zero attached hydrogens (tertiary/aromatic N) is 2. The van der Waals surface area contributed by atoms with Gasteiger partial charge in [0.1, 0.15) is 5.75 Å². The van der Waals surface area contributed by atoms with Crippen molar-refractivity contribution in [3.8, 4) is 22.9 Å². The van der Waals surface area contributed by atoms with Gasteiger partial charge in [0.15, 0.2) is 0 Å². The smallest absolute Gasteiger partial charge is 0.261 e. The first-order valence-corrected chi connectivity index (χ1v) is 12.4. The average Bonchev–Trinajstić information content (AvgIpc) is 2.98. The van der Waals surface area contributed by atoms with Gasteiger partial charge in [-0.25, -0.2) is 0 Å². The van der Waals surface area contributed by atoms with Gasteiger partial charge in [-0.3, -0.25) is 14.5 Å². The van der Waals surface area contributed by atoms with Crippen LogP contribution < -0.4 is 4.74 Å². The number of β-lactam (4-membered cyclic amide) rings is 1. The maximum atomic E-state index is 13.5. The van der Waals surface area contributed by atoms with E-state index in [2.05, 4.69) is 6.07 Å². The summed E-state index contributed by atoms with van der Waals surface area (Å²) in [6.07, 6.45) is 4.33. The summed E-state index contributed by atoms with van der Waals surface area (Å²) in [5, 5.41) is 9.25. The quantitative estimate of drug-likeness (QED) is 0.226. The molecule has 38 heavy (non-hydrogen) atoms. The molecule has 5 nitrogen and oxygen atoms in total. The lowest BCUT2D eigenvalue weighted by molar-refractivity contribution is -0.147. The summed E-state index contributed by atoms with van der Waals surface area (Å²) in [6.45, 7) is 0. The zero-order valence-electron chi connectivity index (χ0n) is 21.0. The van der Waals surface area contributed by atoms with E-state index in [4.69, 9.17) is 4.74 Å². The van der Waals surface area contributed by atoms with E-state index < -0.39 is 0 Å². The van der Waals surface area contributed by atoms with Gasteiger partial charge in [0.2, 0.25) is 5.91 Å². The Morgan fingerprint density at radius 2 is 1.68 bits per heavy atom. The Bertz CT molecular complexity index is 1530. The zero-order chi connectivity index (χ0) is 26.5. The number of likely N-dealkylation sites (tertiary alicyclic amines) is 1. The van der Waals surface area contributed by atoms with Crippen LogP contribution in [0, 0.1) is 17.2 Å². The summed E-state index contributed by atoms with van der Waals surface area (Å²) in [7, 11) is 1.63. The molecule has 5 rings (SSSR count). The van der Waals surface area contributed by atoms with Crippen molar-refractivity contribution in [2.24, 2.45) is 5.92 Å². The number of methoxy groups -OCH3 is 1. The molecular weight excluding hydrogens is 472 g/mol. The molecule has 1 aliphatic rings. The van der Waals surface area contributed by atoms with Crippen molar-refractivity contribution in [2.75, 3.05) is 7.11 Å². The van der Waals surface area contributed by atoms with E-state index in [1.807, 2.05) is 91.0 Å². The second kappa shape index (κ2) is 11.0. The Labute approximate surface area is 222 Å². The molecule has 4 aromatic carbocycles. The molecule has 0 aliphatic carbocycles. The van der Waals surface area contributed by atoms with Gasteiger partial charge in [0.25, 0.3) is 5.91 Å². The van der Waals surface area contributed by atoms with Gasteiger partial charge < -0.3 is 4.74 Å². The Hall–Kier alpha value is -4.95. The molecule has 0 unspecified atom stereocenters. The number of nitriles is 1. The van der Waals surface area contributed by atoms with Gasteiger partial charge in [-0.15, -0.1) is 0 Å². The van der Waals surface area contributed by atoms with Crippen LogP contribution in [-0.2, 0) is 11.2 Å². The third kappa shape index (κ3) is 5.11. The number of hydrogen-bond donors (Lipinski definition) is 0. The van der Waals surface area contributed by atoms with Crippen molar-refractivity contribution < 1.29 is 14.3 Å². The number of carbonyl (C=O) groups excluding carboxylic acids is 2. The SMILES string of the molecule is COc1cccc(-c2ccc(C(=O)N3C(=O)[C@H](Cc4cccc(C#N)c4)[C@H]3/C=C/c3ccccc3)cc2)c1. The molecule has 2 amide bonds. The molecule has 1 heterocycles. The molecule has 0 radical (unpaired) electrons. The monoisotopic (exact) mass is 498 g/mol. The number of carbonyl (C=O) groups is 2. The summed E-state index contributed by atoms with van der Waals surface area (Å²) in [4.78, 5) is 28.2. The number of hydrogen-bond acceptors (Lipinski definition) is 4. The second-order valence-corrected chi connectivity index (χ2v) is 9.21. The number of rotatable bonds is 7. The largest absolute Gasteiger partial charge is 0.497 e. The van der Waals surface area contributed by atoms with Crippen LogP contribution >= 0.6 is 0 Å². The summed E-state index contributed by atoms with van der Waals surface area (Å²) in [6, 6.07) is 33.8. The number of benzene rings is 4. The molecule has 186 valence electrons. The van der Waals surface area contributed by atoms with Gasteiger partial charge in [-0.05, 0) is 65.1 Å².